The molecule has 0 amide bonds. The number of cyclic esters (lactones) is 1. The van der Waals surface area contributed by atoms with Crippen molar-refractivity contribution in [1.82, 2.24) is 0 Å². The monoisotopic (exact) mass is 304 g/mol. The van der Waals surface area contributed by atoms with Gasteiger partial charge >= 0.3 is 5.97 Å². The largest absolute Gasteiger partial charge is 0.497 e. The van der Waals surface area contributed by atoms with Crippen molar-refractivity contribution in [2.45, 2.75) is 33.5 Å². The molecule has 1 heterocycles. The van der Waals surface area contributed by atoms with Gasteiger partial charge in [0.15, 0.2) is 0 Å². The Hall–Kier alpha value is -1.81. The quantitative estimate of drug-likeness (QED) is 0.756. The number of hydrogen-bond donors (Lipinski definition) is 0. The molecule has 3 atom stereocenters. The lowest BCUT2D eigenvalue weighted by Gasteiger charge is -2.31. The van der Waals surface area contributed by atoms with Crippen LogP contribution in [0.1, 0.15) is 26.3 Å². The van der Waals surface area contributed by atoms with Gasteiger partial charge in [0.05, 0.1) is 20.3 Å². The summed E-state index contributed by atoms with van der Waals surface area (Å²) in [5, 5.41) is 0. The van der Waals surface area contributed by atoms with E-state index in [0.717, 1.165) is 11.3 Å². The van der Waals surface area contributed by atoms with Gasteiger partial charge in [-0.3, -0.25) is 0 Å². The zero-order chi connectivity index (χ0) is 16.1. The number of benzene rings is 1. The molecule has 4 heteroatoms. The minimum atomic E-state index is -0.217. The van der Waals surface area contributed by atoms with Crippen LogP contribution in [0.25, 0.3) is 0 Å². The average Bonchev–Trinajstić information content (AvgIpc) is 2.51. The first-order chi connectivity index (χ1) is 10.5. The molecule has 0 saturated heterocycles. The number of hydrogen-bond acceptors (Lipinski definition) is 4. The minimum absolute atomic E-state index is 0.118. The summed E-state index contributed by atoms with van der Waals surface area (Å²) >= 11 is 0. The van der Waals surface area contributed by atoms with Crippen LogP contribution in [0.2, 0.25) is 0 Å². The van der Waals surface area contributed by atoms with Gasteiger partial charge in [-0.05, 0) is 24.6 Å². The van der Waals surface area contributed by atoms with Gasteiger partial charge in [0.1, 0.15) is 11.9 Å². The molecule has 2 rings (SSSR count). The third-order valence-corrected chi connectivity index (χ3v) is 3.97. The van der Waals surface area contributed by atoms with E-state index in [2.05, 4.69) is 13.8 Å². The van der Waals surface area contributed by atoms with Gasteiger partial charge in [0, 0.05) is 17.4 Å². The molecule has 120 valence electrons. The van der Waals surface area contributed by atoms with E-state index in [-0.39, 0.29) is 23.9 Å². The van der Waals surface area contributed by atoms with E-state index < -0.39 is 0 Å². The standard InChI is InChI=1S/C18H24O4/c1-12-9-13(2)18(19)22-17(12)14(3)10-21-11-15-5-7-16(20-4)8-6-15/h5-9,12,14,17H,10-11H2,1-4H3/t12-,14-,17+/m0/s1. The fourth-order valence-corrected chi connectivity index (χ4v) is 2.69. The maximum atomic E-state index is 11.7. The second-order valence-electron chi connectivity index (χ2n) is 5.92. The molecule has 4 nitrogen and oxygen atoms in total. The Morgan fingerprint density at radius 3 is 2.59 bits per heavy atom. The Bertz CT molecular complexity index is 533. The second kappa shape index (κ2) is 7.45. The van der Waals surface area contributed by atoms with Crippen molar-refractivity contribution in [2.24, 2.45) is 11.8 Å². The van der Waals surface area contributed by atoms with Gasteiger partial charge in [-0.15, -0.1) is 0 Å². The molecule has 0 fully saturated rings. The maximum absolute atomic E-state index is 11.7. The topological polar surface area (TPSA) is 44.8 Å². The Kier molecular flexibility index (Phi) is 5.61. The highest BCUT2D eigenvalue weighted by Crippen LogP contribution is 2.25. The van der Waals surface area contributed by atoms with Crippen LogP contribution in [-0.4, -0.2) is 25.8 Å². The van der Waals surface area contributed by atoms with Crippen molar-refractivity contribution >= 4 is 5.97 Å². The lowest BCUT2D eigenvalue weighted by molar-refractivity contribution is -0.152. The smallest absolute Gasteiger partial charge is 0.333 e. The number of esters is 1. The summed E-state index contributed by atoms with van der Waals surface area (Å²) in [6, 6.07) is 7.80. The highest BCUT2D eigenvalue weighted by molar-refractivity contribution is 5.88. The molecular weight excluding hydrogens is 280 g/mol. The van der Waals surface area contributed by atoms with Gasteiger partial charge in [-0.1, -0.05) is 32.1 Å². The van der Waals surface area contributed by atoms with Gasteiger partial charge in [-0.25, -0.2) is 4.79 Å². The van der Waals surface area contributed by atoms with E-state index in [1.54, 1.807) is 14.0 Å². The summed E-state index contributed by atoms with van der Waals surface area (Å²) in [4.78, 5) is 11.7. The molecule has 0 aromatic heterocycles. The van der Waals surface area contributed by atoms with Crippen molar-refractivity contribution in [3.8, 4) is 5.75 Å². The van der Waals surface area contributed by atoms with Crippen molar-refractivity contribution < 1.29 is 19.0 Å². The number of rotatable bonds is 6. The van der Waals surface area contributed by atoms with E-state index in [1.807, 2.05) is 30.3 Å². The van der Waals surface area contributed by atoms with Crippen molar-refractivity contribution in [2.75, 3.05) is 13.7 Å². The molecule has 0 unspecified atom stereocenters. The molecule has 1 aromatic rings. The van der Waals surface area contributed by atoms with Gasteiger partial charge in [0.2, 0.25) is 0 Å². The molecule has 0 spiro atoms. The second-order valence-corrected chi connectivity index (χ2v) is 5.92. The summed E-state index contributed by atoms with van der Waals surface area (Å²) in [5.74, 6) is 0.992. The third kappa shape index (κ3) is 4.10. The normalized spacial score (nSPS) is 22.7. The highest BCUT2D eigenvalue weighted by Gasteiger charge is 2.31. The minimum Gasteiger partial charge on any atom is -0.497 e. The fourth-order valence-electron chi connectivity index (χ4n) is 2.69. The molecule has 0 aliphatic carbocycles. The molecule has 0 saturated carbocycles. The van der Waals surface area contributed by atoms with Crippen LogP contribution in [0.4, 0.5) is 0 Å². The molecular formula is C18H24O4. The zero-order valence-corrected chi connectivity index (χ0v) is 13.7. The molecule has 0 N–H and O–H groups in total. The summed E-state index contributed by atoms with van der Waals surface area (Å²) in [5.41, 5.74) is 1.78. The van der Waals surface area contributed by atoms with Crippen molar-refractivity contribution in [3.05, 3.63) is 41.5 Å². The number of carbonyl (C=O) groups excluding carboxylic acids is 1. The Labute approximate surface area is 132 Å². The summed E-state index contributed by atoms with van der Waals surface area (Å²) in [6.07, 6.45) is 1.86. The number of carbonyl (C=O) groups is 1. The van der Waals surface area contributed by atoms with E-state index in [1.165, 1.54) is 0 Å². The van der Waals surface area contributed by atoms with Crippen molar-refractivity contribution in [3.63, 3.8) is 0 Å². The Balaban J connectivity index is 1.82. The van der Waals surface area contributed by atoms with E-state index in [0.29, 0.717) is 18.8 Å². The molecule has 1 aliphatic rings. The maximum Gasteiger partial charge on any atom is 0.333 e. The van der Waals surface area contributed by atoms with Crippen LogP contribution < -0.4 is 4.74 Å². The zero-order valence-electron chi connectivity index (χ0n) is 13.7. The van der Waals surface area contributed by atoms with E-state index in [9.17, 15) is 4.79 Å². The molecule has 1 aliphatic heterocycles. The Morgan fingerprint density at radius 2 is 1.95 bits per heavy atom. The lowest BCUT2D eigenvalue weighted by Crippen LogP contribution is -2.36. The SMILES string of the molecule is COc1ccc(COC[C@H](C)[C@@H]2OC(=O)C(C)=C[C@@H]2C)cc1. The average molecular weight is 304 g/mol. The molecule has 1 aromatic carbocycles. The van der Waals surface area contributed by atoms with Gasteiger partial charge in [0.25, 0.3) is 0 Å². The van der Waals surface area contributed by atoms with Crippen LogP contribution >= 0.6 is 0 Å². The van der Waals surface area contributed by atoms with Crippen LogP contribution in [-0.2, 0) is 20.9 Å². The van der Waals surface area contributed by atoms with Crippen molar-refractivity contribution in [1.29, 1.82) is 0 Å². The van der Waals surface area contributed by atoms with E-state index in [4.69, 9.17) is 14.2 Å². The van der Waals surface area contributed by atoms with Gasteiger partial charge < -0.3 is 14.2 Å². The summed E-state index contributed by atoms with van der Waals surface area (Å²) in [7, 11) is 1.65. The first kappa shape index (κ1) is 16.6. The summed E-state index contributed by atoms with van der Waals surface area (Å²) < 4.78 is 16.4. The van der Waals surface area contributed by atoms with Crippen LogP contribution in [0.15, 0.2) is 35.9 Å². The first-order valence-electron chi connectivity index (χ1n) is 7.61. The predicted molar refractivity (Wildman–Crippen MR) is 84.6 cm³/mol. The van der Waals surface area contributed by atoms with Crippen LogP contribution in [0.3, 0.4) is 0 Å². The van der Waals surface area contributed by atoms with E-state index >= 15 is 0 Å². The summed E-state index contributed by atoms with van der Waals surface area (Å²) in [6.45, 7) is 7.01. The third-order valence-electron chi connectivity index (χ3n) is 3.97. The lowest BCUT2D eigenvalue weighted by atomic mass is 9.90. The molecule has 22 heavy (non-hydrogen) atoms. The first-order valence-corrected chi connectivity index (χ1v) is 7.61. The molecule has 0 radical (unpaired) electrons. The van der Waals surface area contributed by atoms with Crippen LogP contribution in [0, 0.1) is 11.8 Å². The van der Waals surface area contributed by atoms with Gasteiger partial charge in [-0.2, -0.15) is 0 Å². The highest BCUT2D eigenvalue weighted by atomic mass is 16.5. The number of ether oxygens (including phenoxy) is 3. The molecule has 0 bridgehead atoms. The fraction of sp³-hybridized carbons (Fsp3) is 0.500. The Morgan fingerprint density at radius 1 is 1.27 bits per heavy atom. The predicted octanol–water partition coefficient (Wildman–Crippen LogP) is 3.36. The van der Waals surface area contributed by atoms with Crippen LogP contribution in [0.5, 0.6) is 5.75 Å². The number of methoxy groups -OCH3 is 1.